The van der Waals surface area contributed by atoms with E-state index in [0.29, 0.717) is 47.7 Å². The number of likely N-dealkylation sites (N-methyl/N-ethyl adjacent to an activating group) is 1. The van der Waals surface area contributed by atoms with Gasteiger partial charge in [-0.15, -0.1) is 0 Å². The highest BCUT2D eigenvalue weighted by molar-refractivity contribution is 5.93. The number of hydrogen-bond acceptors (Lipinski definition) is 1. The minimum absolute atomic E-state index is 0.508. The normalized spacial score (nSPS) is 18.4. The van der Waals surface area contributed by atoms with Crippen molar-refractivity contribution in [1.82, 2.24) is 4.90 Å². The van der Waals surface area contributed by atoms with Crippen LogP contribution in [0.15, 0.2) is 94.8 Å². The minimum atomic E-state index is -1.18. The summed E-state index contributed by atoms with van der Waals surface area (Å²) in [7, 11) is 2.02. The number of benzene rings is 1. The first kappa shape index (κ1) is 36.1. The van der Waals surface area contributed by atoms with E-state index in [9.17, 15) is 4.39 Å². The first-order chi connectivity index (χ1) is 20.4. The van der Waals surface area contributed by atoms with Crippen molar-refractivity contribution in [3.05, 3.63) is 106 Å². The summed E-state index contributed by atoms with van der Waals surface area (Å²) in [4.78, 5) is 2.54. The van der Waals surface area contributed by atoms with Crippen LogP contribution in [0.2, 0.25) is 0 Å². The topological polar surface area (TPSA) is 32.3 Å². The number of rotatable bonds is 15. The van der Waals surface area contributed by atoms with Gasteiger partial charge in [0.05, 0.1) is 12.6 Å². The molecule has 1 aliphatic heterocycles. The molecule has 4 atom stereocenters. The van der Waals surface area contributed by atoms with Crippen molar-refractivity contribution in [3.8, 4) is 0 Å². The molecule has 1 aliphatic rings. The van der Waals surface area contributed by atoms with E-state index in [1.807, 2.05) is 38.2 Å². The summed E-state index contributed by atoms with van der Waals surface area (Å²) in [5, 5.41) is 0. The molecule has 3 nitrogen and oxygen atoms in total. The molecule has 0 fully saturated rings. The number of halogens is 1. The summed E-state index contributed by atoms with van der Waals surface area (Å²) >= 11 is 0. The van der Waals surface area contributed by atoms with Crippen molar-refractivity contribution in [2.75, 3.05) is 26.7 Å². The van der Waals surface area contributed by atoms with Crippen LogP contribution in [-0.2, 0) is 0 Å². The van der Waals surface area contributed by atoms with Gasteiger partial charge in [-0.1, -0.05) is 90.1 Å². The quantitative estimate of drug-likeness (QED) is 0.0957. The summed E-state index contributed by atoms with van der Waals surface area (Å²) in [5.74, 6) is 2.27. The molecule has 1 aromatic rings. The van der Waals surface area contributed by atoms with Gasteiger partial charge in [0.2, 0.25) is 0 Å². The molecule has 4 unspecified atom stereocenters. The van der Waals surface area contributed by atoms with E-state index >= 15 is 0 Å². The second-order valence-electron chi connectivity index (χ2n) is 12.3. The van der Waals surface area contributed by atoms with Gasteiger partial charge in [-0.3, -0.25) is 10.3 Å². The molecule has 2 N–H and O–H groups in total. The smallest absolute Gasteiger partial charge is 0.275 e. The number of nitrogens with two attached hydrogens (primary N) is 1. The van der Waals surface area contributed by atoms with E-state index in [2.05, 4.69) is 102 Å². The summed E-state index contributed by atoms with van der Waals surface area (Å²) in [5.41, 5.74) is 15.6. The Kier molecular flexibility index (Phi) is 14.4. The lowest BCUT2D eigenvalue weighted by molar-refractivity contribution is -0.488. The first-order valence-electron chi connectivity index (χ1n) is 16.3. The highest BCUT2D eigenvalue weighted by Crippen LogP contribution is 2.33. The molecular weight excluding hydrogens is 529 g/mol. The maximum atomic E-state index is 14.9. The Hall–Kier alpha value is -3.14. The maximum Gasteiger partial charge on any atom is 0.275 e. The Bertz CT molecular complexity index is 1290. The van der Waals surface area contributed by atoms with Crippen LogP contribution in [0.4, 0.5) is 4.39 Å². The fourth-order valence-corrected chi connectivity index (χ4v) is 5.97. The van der Waals surface area contributed by atoms with Crippen molar-refractivity contribution in [2.24, 2.45) is 23.5 Å². The average Bonchev–Trinajstić information content (AvgIpc) is 3.01. The molecule has 2 rings (SSSR count). The molecule has 1 aromatic carbocycles. The second kappa shape index (κ2) is 17.2. The van der Waals surface area contributed by atoms with Crippen molar-refractivity contribution in [3.63, 3.8) is 0 Å². The SMILES string of the molecule is C=C(CC)C(F)c1cccc(C(N)=[N+](C)CC(=CCC)C2=C(CC)CN(CC(=CC)C(C)C(C)C(C)C=CC)C(C)=C2)c1. The molecule has 43 heavy (non-hydrogen) atoms. The lowest BCUT2D eigenvalue weighted by Gasteiger charge is -2.36. The molecule has 0 radical (unpaired) electrons. The molecule has 0 amide bonds. The van der Waals surface area contributed by atoms with Crippen LogP contribution in [0.1, 0.15) is 98.9 Å². The van der Waals surface area contributed by atoms with Crippen molar-refractivity contribution >= 4 is 5.84 Å². The zero-order valence-corrected chi connectivity index (χ0v) is 28.8. The molecule has 0 saturated heterocycles. The highest BCUT2D eigenvalue weighted by atomic mass is 19.1. The Morgan fingerprint density at radius 2 is 1.86 bits per heavy atom. The number of hydrogen-bond donors (Lipinski definition) is 1. The van der Waals surface area contributed by atoms with Gasteiger partial charge in [0.1, 0.15) is 12.7 Å². The Balaban J connectivity index is 2.35. The van der Waals surface area contributed by atoms with Gasteiger partial charge >= 0.3 is 0 Å². The molecule has 0 saturated carbocycles. The largest absolute Gasteiger partial charge is 0.367 e. The lowest BCUT2D eigenvalue weighted by Crippen LogP contribution is -2.33. The predicted molar refractivity (Wildman–Crippen MR) is 186 cm³/mol. The maximum absolute atomic E-state index is 14.9. The number of alkyl halides is 1. The third-order valence-electron chi connectivity index (χ3n) is 9.39. The van der Waals surface area contributed by atoms with E-state index in [1.165, 1.54) is 28.0 Å². The average molecular weight is 589 g/mol. The second-order valence-corrected chi connectivity index (χ2v) is 12.3. The standard InChI is InChI=1S/C39H58FN3/c1-12-18-28(7)30(9)31(10)32(15-4)25-43-26-33(16-5)37(22-29(43)8)36(19-13-2)24-42(11)39(41)35-21-17-20-34(23-35)38(40)27(6)14-3/h12,15,17-23,28,30-31,38,41H,6,13-14,16,24-26H2,1-5,7-11H3/p+1. The third-order valence-corrected chi connectivity index (χ3v) is 9.39. The molecule has 1 heterocycles. The van der Waals surface area contributed by atoms with Gasteiger partial charge in [-0.25, -0.2) is 4.39 Å². The molecule has 0 aliphatic carbocycles. The van der Waals surface area contributed by atoms with E-state index < -0.39 is 6.17 Å². The third kappa shape index (κ3) is 9.42. The van der Waals surface area contributed by atoms with Crippen LogP contribution >= 0.6 is 0 Å². The van der Waals surface area contributed by atoms with Crippen molar-refractivity contribution in [2.45, 2.75) is 87.7 Å². The zero-order valence-electron chi connectivity index (χ0n) is 28.8. The van der Waals surface area contributed by atoms with Crippen LogP contribution in [0, 0.1) is 17.8 Å². The van der Waals surface area contributed by atoms with Crippen LogP contribution in [0.5, 0.6) is 0 Å². The van der Waals surface area contributed by atoms with Gasteiger partial charge in [-0.2, -0.15) is 0 Å². The van der Waals surface area contributed by atoms with Crippen molar-refractivity contribution < 1.29 is 8.97 Å². The van der Waals surface area contributed by atoms with Crippen LogP contribution in [-0.4, -0.2) is 42.0 Å². The molecule has 236 valence electrons. The fourth-order valence-electron chi connectivity index (χ4n) is 5.97. The van der Waals surface area contributed by atoms with Crippen LogP contribution < -0.4 is 5.73 Å². The highest BCUT2D eigenvalue weighted by Gasteiger charge is 2.25. The predicted octanol–water partition coefficient (Wildman–Crippen LogP) is 9.70. The summed E-state index contributed by atoms with van der Waals surface area (Å²) in [6, 6.07) is 7.51. The molecule has 0 aromatic heterocycles. The number of amidine groups is 1. The molecular formula is C39H59FN3+. The summed E-state index contributed by atoms with van der Waals surface area (Å²) in [6.07, 6.45) is 12.9. The van der Waals surface area contributed by atoms with Gasteiger partial charge in [0.25, 0.3) is 5.84 Å². The summed E-state index contributed by atoms with van der Waals surface area (Å²) in [6.45, 7) is 26.5. The Morgan fingerprint density at radius 1 is 1.16 bits per heavy atom. The summed E-state index contributed by atoms with van der Waals surface area (Å²) < 4.78 is 17.0. The first-order valence-corrected chi connectivity index (χ1v) is 16.3. The van der Waals surface area contributed by atoms with Crippen molar-refractivity contribution in [1.29, 1.82) is 0 Å². The zero-order chi connectivity index (χ0) is 32.3. The molecule has 0 bridgehead atoms. The van der Waals surface area contributed by atoms with Gasteiger partial charge < -0.3 is 4.90 Å². The molecule has 0 spiro atoms. The van der Waals surface area contributed by atoms with Gasteiger partial charge in [0.15, 0.2) is 0 Å². The Morgan fingerprint density at radius 3 is 2.44 bits per heavy atom. The van der Waals surface area contributed by atoms with E-state index in [4.69, 9.17) is 5.73 Å². The number of nitrogens with zero attached hydrogens (tertiary/aromatic N) is 2. The fraction of sp³-hybridized carbons (Fsp3) is 0.513. The lowest BCUT2D eigenvalue weighted by atomic mass is 9.80. The van der Waals surface area contributed by atoms with E-state index in [0.717, 1.165) is 31.5 Å². The van der Waals surface area contributed by atoms with Crippen LogP contribution in [0.3, 0.4) is 0 Å². The number of allylic oxidation sites excluding steroid dienone is 7. The van der Waals surface area contributed by atoms with Gasteiger partial charge in [-0.05, 0) is 104 Å². The van der Waals surface area contributed by atoms with E-state index in [-0.39, 0.29) is 0 Å². The Labute approximate surface area is 263 Å². The molecule has 4 heteroatoms. The van der Waals surface area contributed by atoms with Gasteiger partial charge in [0, 0.05) is 18.8 Å². The van der Waals surface area contributed by atoms with Crippen LogP contribution in [0.25, 0.3) is 0 Å². The minimum Gasteiger partial charge on any atom is -0.367 e. The van der Waals surface area contributed by atoms with E-state index in [1.54, 1.807) is 0 Å². The monoisotopic (exact) mass is 588 g/mol.